The van der Waals surface area contributed by atoms with Crippen molar-refractivity contribution in [1.82, 2.24) is 4.72 Å². The summed E-state index contributed by atoms with van der Waals surface area (Å²) in [6.45, 7) is 3.78. The number of nitrogens with one attached hydrogen (secondary N) is 1. The number of sulfonamides is 1. The van der Waals surface area contributed by atoms with Crippen LogP contribution < -0.4 is 4.72 Å². The van der Waals surface area contributed by atoms with Crippen molar-refractivity contribution in [1.29, 1.82) is 0 Å². The normalized spacial score (nSPS) is 13.2. The molecular weight excluding hydrogens is 302 g/mol. The number of benzene rings is 1. The SMILES string of the molecule is COC(=O)[C@H](CC(C)C)NS(=O)(=O)c1ccccc1Cl. The first-order valence-electron chi connectivity index (χ1n) is 6.12. The molecule has 0 fully saturated rings. The average Bonchev–Trinajstić information content (AvgIpc) is 2.36. The Kier molecular flexibility index (Phi) is 5.98. The summed E-state index contributed by atoms with van der Waals surface area (Å²) in [5, 5.41) is 0.105. The van der Waals surface area contributed by atoms with Crippen LogP contribution in [0.3, 0.4) is 0 Å². The molecule has 0 bridgehead atoms. The molecule has 1 N–H and O–H groups in total. The van der Waals surface area contributed by atoms with Crippen LogP contribution in [-0.2, 0) is 19.6 Å². The number of halogens is 1. The van der Waals surface area contributed by atoms with Gasteiger partial charge < -0.3 is 4.74 Å². The van der Waals surface area contributed by atoms with Crippen LogP contribution in [0.4, 0.5) is 0 Å². The quantitative estimate of drug-likeness (QED) is 0.816. The Morgan fingerprint density at radius 2 is 1.95 bits per heavy atom. The summed E-state index contributed by atoms with van der Waals surface area (Å²) in [5.41, 5.74) is 0. The lowest BCUT2D eigenvalue weighted by Crippen LogP contribution is -2.42. The second-order valence-corrected chi connectivity index (χ2v) is 6.85. The number of hydrogen-bond donors (Lipinski definition) is 1. The van der Waals surface area contributed by atoms with E-state index in [9.17, 15) is 13.2 Å². The molecular formula is C13H18ClNO4S. The average molecular weight is 320 g/mol. The van der Waals surface area contributed by atoms with Gasteiger partial charge in [-0.15, -0.1) is 0 Å². The van der Waals surface area contributed by atoms with E-state index < -0.39 is 22.0 Å². The summed E-state index contributed by atoms with van der Waals surface area (Å²) in [7, 11) is -2.65. The maximum atomic E-state index is 12.3. The van der Waals surface area contributed by atoms with Gasteiger partial charge in [0.2, 0.25) is 10.0 Å². The highest BCUT2D eigenvalue weighted by molar-refractivity contribution is 7.89. The molecule has 0 spiro atoms. The van der Waals surface area contributed by atoms with Crippen LogP contribution in [0.25, 0.3) is 0 Å². The van der Waals surface area contributed by atoms with Crippen molar-refractivity contribution in [3.8, 4) is 0 Å². The van der Waals surface area contributed by atoms with Crippen molar-refractivity contribution >= 4 is 27.6 Å². The molecule has 5 nitrogen and oxygen atoms in total. The molecule has 0 heterocycles. The van der Waals surface area contributed by atoms with E-state index in [0.717, 1.165) is 0 Å². The van der Waals surface area contributed by atoms with Gasteiger partial charge in [-0.25, -0.2) is 8.42 Å². The highest BCUT2D eigenvalue weighted by Crippen LogP contribution is 2.21. The number of hydrogen-bond acceptors (Lipinski definition) is 4. The number of esters is 1. The lowest BCUT2D eigenvalue weighted by molar-refractivity contribution is -0.143. The third kappa shape index (κ3) is 4.47. The summed E-state index contributed by atoms with van der Waals surface area (Å²) in [5.74, 6) is -0.484. The molecule has 0 unspecified atom stereocenters. The molecule has 1 aromatic carbocycles. The highest BCUT2D eigenvalue weighted by atomic mass is 35.5. The zero-order valence-corrected chi connectivity index (χ0v) is 13.2. The van der Waals surface area contributed by atoms with Crippen molar-refractivity contribution in [2.45, 2.75) is 31.2 Å². The second kappa shape index (κ2) is 7.06. The lowest BCUT2D eigenvalue weighted by Gasteiger charge is -2.18. The molecule has 0 aromatic heterocycles. The molecule has 1 rings (SSSR count). The van der Waals surface area contributed by atoms with Crippen LogP contribution in [-0.4, -0.2) is 27.5 Å². The first-order chi connectivity index (χ1) is 9.27. The molecule has 7 heteroatoms. The number of ether oxygens (including phenoxy) is 1. The van der Waals surface area contributed by atoms with Crippen molar-refractivity contribution < 1.29 is 17.9 Å². The van der Waals surface area contributed by atoms with Gasteiger partial charge in [-0.2, -0.15) is 4.72 Å². The van der Waals surface area contributed by atoms with E-state index in [-0.39, 0.29) is 15.8 Å². The van der Waals surface area contributed by atoms with Gasteiger partial charge in [0.15, 0.2) is 0 Å². The fourth-order valence-electron chi connectivity index (χ4n) is 1.72. The molecule has 0 radical (unpaired) electrons. The monoisotopic (exact) mass is 319 g/mol. The minimum atomic E-state index is -3.87. The Morgan fingerprint density at radius 1 is 1.35 bits per heavy atom. The van der Waals surface area contributed by atoms with E-state index in [2.05, 4.69) is 9.46 Å². The Balaban J connectivity index is 3.03. The Bertz CT molecular complexity index is 571. The van der Waals surface area contributed by atoms with E-state index >= 15 is 0 Å². The highest BCUT2D eigenvalue weighted by Gasteiger charge is 2.28. The minimum absolute atomic E-state index is 0.0562. The van der Waals surface area contributed by atoms with Gasteiger partial charge in [-0.05, 0) is 24.5 Å². The molecule has 112 valence electrons. The number of rotatable bonds is 6. The summed E-state index contributed by atoms with van der Waals surface area (Å²) < 4.78 is 31.5. The minimum Gasteiger partial charge on any atom is -0.468 e. The Hall–Kier alpha value is -1.11. The van der Waals surface area contributed by atoms with Gasteiger partial charge in [0.1, 0.15) is 10.9 Å². The standard InChI is InChI=1S/C13H18ClNO4S/c1-9(2)8-11(13(16)19-3)15-20(17,18)12-7-5-4-6-10(12)14/h4-7,9,11,15H,8H2,1-3H3/t11-/m0/s1. The molecule has 20 heavy (non-hydrogen) atoms. The van der Waals surface area contributed by atoms with E-state index in [0.29, 0.717) is 6.42 Å². The fourth-order valence-corrected chi connectivity index (χ4v) is 3.44. The van der Waals surface area contributed by atoms with Gasteiger partial charge in [0.25, 0.3) is 0 Å². The summed E-state index contributed by atoms with van der Waals surface area (Å²) in [4.78, 5) is 11.6. The zero-order chi connectivity index (χ0) is 15.3. The maximum absolute atomic E-state index is 12.3. The van der Waals surface area contributed by atoms with E-state index in [1.807, 2.05) is 13.8 Å². The second-order valence-electron chi connectivity index (χ2n) is 4.76. The van der Waals surface area contributed by atoms with Crippen molar-refractivity contribution in [2.75, 3.05) is 7.11 Å². The van der Waals surface area contributed by atoms with Gasteiger partial charge >= 0.3 is 5.97 Å². The van der Waals surface area contributed by atoms with Crippen LogP contribution in [0.5, 0.6) is 0 Å². The maximum Gasteiger partial charge on any atom is 0.323 e. The molecule has 0 aliphatic heterocycles. The van der Waals surface area contributed by atoms with Gasteiger partial charge in [0, 0.05) is 0 Å². The molecule has 1 aromatic rings. The van der Waals surface area contributed by atoms with Gasteiger partial charge in [-0.1, -0.05) is 37.6 Å². The predicted molar refractivity (Wildman–Crippen MR) is 77.0 cm³/mol. The molecule has 0 saturated heterocycles. The number of carbonyl (C=O) groups excluding carboxylic acids is 1. The third-order valence-corrected chi connectivity index (χ3v) is 4.59. The van der Waals surface area contributed by atoms with Crippen LogP contribution in [0.2, 0.25) is 5.02 Å². The zero-order valence-electron chi connectivity index (χ0n) is 11.6. The number of methoxy groups -OCH3 is 1. The first kappa shape index (κ1) is 16.9. The summed E-state index contributed by atoms with van der Waals surface area (Å²) in [6.07, 6.45) is 0.344. The molecule has 0 saturated carbocycles. The Labute approximate surface area is 124 Å². The number of carbonyl (C=O) groups is 1. The summed E-state index contributed by atoms with van der Waals surface area (Å²) >= 11 is 5.88. The van der Waals surface area contributed by atoms with Crippen LogP contribution >= 0.6 is 11.6 Å². The van der Waals surface area contributed by atoms with E-state index in [1.54, 1.807) is 12.1 Å². The van der Waals surface area contributed by atoms with Gasteiger partial charge in [0.05, 0.1) is 12.1 Å². The topological polar surface area (TPSA) is 72.5 Å². The van der Waals surface area contributed by atoms with Crippen molar-refractivity contribution in [2.24, 2.45) is 5.92 Å². The van der Waals surface area contributed by atoms with Crippen molar-refractivity contribution in [3.05, 3.63) is 29.3 Å². The van der Waals surface area contributed by atoms with E-state index in [4.69, 9.17) is 11.6 Å². The third-order valence-electron chi connectivity index (χ3n) is 2.62. The first-order valence-corrected chi connectivity index (χ1v) is 7.98. The van der Waals surface area contributed by atoms with Crippen LogP contribution in [0, 0.1) is 5.92 Å². The molecule has 0 amide bonds. The molecule has 1 atom stereocenters. The van der Waals surface area contributed by atoms with Crippen LogP contribution in [0.1, 0.15) is 20.3 Å². The molecule has 0 aliphatic rings. The van der Waals surface area contributed by atoms with Crippen LogP contribution in [0.15, 0.2) is 29.2 Å². The van der Waals surface area contributed by atoms with Crippen molar-refractivity contribution in [3.63, 3.8) is 0 Å². The lowest BCUT2D eigenvalue weighted by atomic mass is 10.1. The largest absolute Gasteiger partial charge is 0.468 e. The fraction of sp³-hybridized carbons (Fsp3) is 0.462. The predicted octanol–water partition coefficient (Wildman–Crippen LogP) is 2.21. The molecule has 0 aliphatic carbocycles. The smallest absolute Gasteiger partial charge is 0.323 e. The van der Waals surface area contributed by atoms with E-state index in [1.165, 1.54) is 19.2 Å². The summed E-state index contributed by atoms with van der Waals surface area (Å²) in [6, 6.07) is 5.13. The van der Waals surface area contributed by atoms with Gasteiger partial charge in [-0.3, -0.25) is 4.79 Å². The Morgan fingerprint density at radius 3 is 2.45 bits per heavy atom.